The van der Waals surface area contributed by atoms with Crippen LogP contribution in [0.5, 0.6) is 0 Å². The Bertz CT molecular complexity index is 863. The van der Waals surface area contributed by atoms with Gasteiger partial charge in [0.2, 0.25) is 17.8 Å². The fourth-order valence-corrected chi connectivity index (χ4v) is 4.21. The maximum atomic E-state index is 13.0. The summed E-state index contributed by atoms with van der Waals surface area (Å²) < 4.78 is 5.60. The maximum Gasteiger partial charge on any atom is 0.238 e. The summed E-state index contributed by atoms with van der Waals surface area (Å²) in [6.45, 7) is 6.21. The number of guanidine groups is 1. The highest BCUT2D eigenvalue weighted by Crippen LogP contribution is 2.26. The molecule has 0 radical (unpaired) electrons. The lowest BCUT2D eigenvalue weighted by molar-refractivity contribution is -0.136. The van der Waals surface area contributed by atoms with Gasteiger partial charge in [-0.2, -0.15) is 0 Å². The molecule has 1 saturated heterocycles. The Morgan fingerprint density at radius 3 is 2.88 bits per heavy atom. The van der Waals surface area contributed by atoms with E-state index in [1.54, 1.807) is 13.3 Å². The minimum absolute atomic E-state index is 0.0125. The van der Waals surface area contributed by atoms with E-state index < -0.39 is 18.2 Å². The molecule has 11 heteroatoms. The normalized spacial score (nSPS) is 28.1. The van der Waals surface area contributed by atoms with Crippen molar-refractivity contribution in [3.05, 3.63) is 11.3 Å². The molecule has 0 aromatic rings. The highest BCUT2D eigenvalue weighted by atomic mass is 16.5. The zero-order valence-electron chi connectivity index (χ0n) is 19.5. The fraction of sp³-hybridized carbons (Fsp3) is 0.667. The number of dihydropyridines is 1. The molecule has 3 unspecified atom stereocenters. The average molecular weight is 447 g/mol. The van der Waals surface area contributed by atoms with Crippen LogP contribution in [0.2, 0.25) is 0 Å². The van der Waals surface area contributed by atoms with Crippen molar-refractivity contribution in [3.8, 4) is 0 Å². The summed E-state index contributed by atoms with van der Waals surface area (Å²) in [6.07, 6.45) is 1.14. The van der Waals surface area contributed by atoms with E-state index in [1.807, 2.05) is 30.8 Å². The summed E-state index contributed by atoms with van der Waals surface area (Å²) in [4.78, 5) is 42.8. The number of nitrogens with zero attached hydrogens (tertiary/aromatic N) is 5. The Kier molecular flexibility index (Phi) is 7.62. The molecule has 0 aromatic carbocycles. The van der Waals surface area contributed by atoms with E-state index in [2.05, 4.69) is 27.5 Å². The quantitative estimate of drug-likeness (QED) is 0.436. The topological polar surface area (TPSA) is 137 Å². The summed E-state index contributed by atoms with van der Waals surface area (Å²) in [7, 11) is 5.53. The minimum Gasteiger partial charge on any atom is -0.500 e. The third kappa shape index (κ3) is 5.33. The van der Waals surface area contributed by atoms with E-state index in [1.165, 1.54) is 0 Å². The second-order valence-corrected chi connectivity index (χ2v) is 8.64. The van der Waals surface area contributed by atoms with Crippen molar-refractivity contribution in [2.75, 3.05) is 47.4 Å². The number of hydrogen-bond acceptors (Lipinski definition) is 9. The number of likely N-dealkylation sites (N-methyl/N-ethyl adjacent to an activating group) is 1. The lowest BCUT2D eigenvalue weighted by Crippen LogP contribution is -2.67. The van der Waals surface area contributed by atoms with Gasteiger partial charge in [-0.15, -0.1) is 0 Å². The van der Waals surface area contributed by atoms with Gasteiger partial charge in [0.15, 0.2) is 0 Å². The number of nitrogens with two attached hydrogens (primary N) is 1. The van der Waals surface area contributed by atoms with Crippen LogP contribution in [0.1, 0.15) is 20.3 Å². The van der Waals surface area contributed by atoms with Crippen molar-refractivity contribution in [2.45, 2.75) is 38.5 Å². The molecule has 3 heterocycles. The van der Waals surface area contributed by atoms with Gasteiger partial charge in [-0.25, -0.2) is 9.98 Å². The predicted octanol–water partition coefficient (Wildman–Crippen LogP) is -1.04. The van der Waals surface area contributed by atoms with Gasteiger partial charge in [0.1, 0.15) is 24.0 Å². The Morgan fingerprint density at radius 2 is 2.19 bits per heavy atom. The highest BCUT2D eigenvalue weighted by Gasteiger charge is 2.44. The smallest absolute Gasteiger partial charge is 0.238 e. The van der Waals surface area contributed by atoms with Crippen molar-refractivity contribution in [1.82, 2.24) is 20.4 Å². The van der Waals surface area contributed by atoms with Gasteiger partial charge in [0, 0.05) is 43.9 Å². The molecule has 0 saturated carbocycles. The van der Waals surface area contributed by atoms with E-state index in [-0.39, 0.29) is 30.1 Å². The van der Waals surface area contributed by atoms with Crippen LogP contribution in [0.3, 0.4) is 0 Å². The molecule has 0 bridgehead atoms. The Balaban J connectivity index is 1.84. The van der Waals surface area contributed by atoms with Crippen molar-refractivity contribution in [2.24, 2.45) is 26.6 Å². The first kappa shape index (κ1) is 23.9. The summed E-state index contributed by atoms with van der Waals surface area (Å²) in [6, 6.07) is -1.13. The van der Waals surface area contributed by atoms with Crippen LogP contribution in [0, 0.1) is 5.92 Å². The molecule has 32 heavy (non-hydrogen) atoms. The lowest BCUT2D eigenvalue weighted by atomic mass is 9.96. The molecule has 3 rings (SSSR count). The standard InChI is InChI=1S/C21H34N8O3/c1-12-9-24-15(13(2)18(12)32-5)11-29-16(8-17(30)23-6-7-28(3)4)20(31)26-14-10-25-21(22)27-19(14)29/h10,12,14,16,19H,6-9,11H2,1-5H3,(H2,22,27)(H,23,30)(H,26,31)/t12?,14?,16-,19?/m1/s1. The molecule has 0 aliphatic carbocycles. The first-order valence-corrected chi connectivity index (χ1v) is 10.8. The number of hydrogen-bond donors (Lipinski definition) is 3. The molecule has 4 atom stereocenters. The third-order valence-corrected chi connectivity index (χ3v) is 5.92. The number of ether oxygens (including phenoxy) is 1. The fourth-order valence-electron chi connectivity index (χ4n) is 4.21. The number of piperazine rings is 1. The molecular formula is C21H34N8O3. The molecule has 4 N–H and O–H groups in total. The van der Waals surface area contributed by atoms with Crippen LogP contribution < -0.4 is 16.4 Å². The number of nitrogens with one attached hydrogen (secondary N) is 2. The van der Waals surface area contributed by atoms with E-state index in [9.17, 15) is 9.59 Å². The largest absolute Gasteiger partial charge is 0.500 e. The van der Waals surface area contributed by atoms with Crippen LogP contribution in [-0.4, -0.2) is 105 Å². The first-order valence-electron chi connectivity index (χ1n) is 10.8. The molecule has 1 fully saturated rings. The number of aliphatic imine (C=N–C) groups is 3. The zero-order valence-corrected chi connectivity index (χ0v) is 19.5. The number of carbonyl (C=O) groups excluding carboxylic acids is 2. The maximum absolute atomic E-state index is 13.0. The van der Waals surface area contributed by atoms with Gasteiger partial charge < -0.3 is 26.0 Å². The SMILES string of the molecule is COC1=C(C)C(CN2C3N=C(N)N=CC3NC(=O)[C@H]2CC(=O)NCCN(C)C)=NCC1C. The summed E-state index contributed by atoms with van der Waals surface area (Å²) in [5.74, 6) is 0.787. The van der Waals surface area contributed by atoms with Gasteiger partial charge in [-0.05, 0) is 21.0 Å². The van der Waals surface area contributed by atoms with Gasteiger partial charge >= 0.3 is 0 Å². The molecule has 3 aliphatic rings. The third-order valence-electron chi connectivity index (χ3n) is 5.92. The molecular weight excluding hydrogens is 412 g/mol. The number of amides is 2. The number of methoxy groups -OCH3 is 1. The summed E-state index contributed by atoms with van der Waals surface area (Å²) in [5, 5.41) is 5.80. The highest BCUT2D eigenvalue weighted by molar-refractivity contribution is 6.03. The van der Waals surface area contributed by atoms with Crippen molar-refractivity contribution in [3.63, 3.8) is 0 Å². The van der Waals surface area contributed by atoms with E-state index in [0.29, 0.717) is 26.2 Å². The van der Waals surface area contributed by atoms with Gasteiger partial charge in [0.25, 0.3) is 0 Å². The molecule has 3 aliphatic heterocycles. The summed E-state index contributed by atoms with van der Waals surface area (Å²) in [5.41, 5.74) is 7.64. The van der Waals surface area contributed by atoms with Gasteiger partial charge in [-0.1, -0.05) is 6.92 Å². The molecule has 11 nitrogen and oxygen atoms in total. The van der Waals surface area contributed by atoms with Crippen molar-refractivity contribution in [1.29, 1.82) is 0 Å². The minimum atomic E-state index is -0.709. The molecule has 176 valence electrons. The Morgan fingerprint density at radius 1 is 1.44 bits per heavy atom. The van der Waals surface area contributed by atoms with Gasteiger partial charge in [0.05, 0.1) is 19.2 Å². The van der Waals surface area contributed by atoms with E-state index >= 15 is 0 Å². The van der Waals surface area contributed by atoms with Crippen LogP contribution >= 0.6 is 0 Å². The molecule has 2 amide bonds. The van der Waals surface area contributed by atoms with Crippen LogP contribution in [0.4, 0.5) is 0 Å². The van der Waals surface area contributed by atoms with Gasteiger partial charge in [-0.3, -0.25) is 19.5 Å². The summed E-state index contributed by atoms with van der Waals surface area (Å²) >= 11 is 0. The van der Waals surface area contributed by atoms with E-state index in [4.69, 9.17) is 15.5 Å². The van der Waals surface area contributed by atoms with Crippen molar-refractivity contribution < 1.29 is 14.3 Å². The first-order chi connectivity index (χ1) is 15.2. The number of carbonyl (C=O) groups is 2. The monoisotopic (exact) mass is 446 g/mol. The van der Waals surface area contributed by atoms with E-state index in [0.717, 1.165) is 17.0 Å². The zero-order chi connectivity index (χ0) is 23.4. The van der Waals surface area contributed by atoms with Crippen LogP contribution in [0.25, 0.3) is 0 Å². The Hall–Kier alpha value is -2.79. The predicted molar refractivity (Wildman–Crippen MR) is 124 cm³/mol. The lowest BCUT2D eigenvalue weighted by Gasteiger charge is -2.44. The second kappa shape index (κ2) is 10.2. The molecule has 0 spiro atoms. The number of rotatable bonds is 8. The number of fused-ring (bicyclic) bond motifs is 1. The van der Waals surface area contributed by atoms with Crippen molar-refractivity contribution >= 4 is 29.7 Å². The Labute approximate surface area is 188 Å². The van der Waals surface area contributed by atoms with Crippen LogP contribution in [-0.2, 0) is 14.3 Å². The van der Waals surface area contributed by atoms with Crippen LogP contribution in [0.15, 0.2) is 26.3 Å². The average Bonchev–Trinajstić information content (AvgIpc) is 2.73. The molecule has 0 aromatic heterocycles. The second-order valence-electron chi connectivity index (χ2n) is 8.64.